The van der Waals surface area contributed by atoms with Crippen molar-refractivity contribution in [3.63, 3.8) is 0 Å². The first kappa shape index (κ1) is 16.0. The van der Waals surface area contributed by atoms with Crippen LogP contribution in [0, 0.1) is 12.8 Å². The van der Waals surface area contributed by atoms with E-state index < -0.39 is 0 Å². The molecule has 1 aromatic carbocycles. The fourth-order valence-corrected chi connectivity index (χ4v) is 2.11. The molecule has 2 N–H and O–H groups in total. The Morgan fingerprint density at radius 3 is 2.47 bits per heavy atom. The van der Waals surface area contributed by atoms with E-state index in [1.807, 2.05) is 14.0 Å². The Bertz CT molecular complexity index is 388. The first-order valence-electron chi connectivity index (χ1n) is 7.09. The molecule has 0 aromatic heterocycles. The summed E-state index contributed by atoms with van der Waals surface area (Å²) >= 11 is 0. The largest absolute Gasteiger partial charge is 0.392 e. The van der Waals surface area contributed by atoms with Crippen molar-refractivity contribution in [1.29, 1.82) is 0 Å². The van der Waals surface area contributed by atoms with Gasteiger partial charge in [0.2, 0.25) is 0 Å². The van der Waals surface area contributed by atoms with Crippen molar-refractivity contribution in [2.24, 2.45) is 5.92 Å². The molecule has 108 valence electrons. The topological polar surface area (TPSA) is 35.5 Å². The molecule has 0 aliphatic heterocycles. The Balaban J connectivity index is 2.63. The minimum atomic E-state index is -0.308. The van der Waals surface area contributed by atoms with Gasteiger partial charge in [-0.05, 0) is 49.6 Å². The second-order valence-corrected chi connectivity index (χ2v) is 5.87. The summed E-state index contributed by atoms with van der Waals surface area (Å²) in [4.78, 5) is 2.09. The van der Waals surface area contributed by atoms with Crippen LogP contribution in [0.1, 0.15) is 31.9 Å². The minimum Gasteiger partial charge on any atom is -0.392 e. The van der Waals surface area contributed by atoms with E-state index in [0.29, 0.717) is 12.5 Å². The van der Waals surface area contributed by atoms with Crippen molar-refractivity contribution >= 4 is 5.69 Å². The predicted molar refractivity (Wildman–Crippen MR) is 82.7 cm³/mol. The molecule has 0 saturated carbocycles. The fraction of sp³-hybridized carbons (Fsp3) is 0.625. The van der Waals surface area contributed by atoms with Crippen LogP contribution in [0.4, 0.5) is 5.69 Å². The van der Waals surface area contributed by atoms with Gasteiger partial charge in [0.05, 0.1) is 6.10 Å². The third-order valence-electron chi connectivity index (χ3n) is 3.17. The maximum atomic E-state index is 9.42. The maximum absolute atomic E-state index is 9.42. The van der Waals surface area contributed by atoms with E-state index in [0.717, 1.165) is 18.8 Å². The zero-order chi connectivity index (χ0) is 14.4. The summed E-state index contributed by atoms with van der Waals surface area (Å²) in [5, 5.41) is 12.9. The van der Waals surface area contributed by atoms with Gasteiger partial charge in [-0.15, -0.1) is 0 Å². The lowest BCUT2D eigenvalue weighted by molar-refractivity contribution is 0.201. The lowest BCUT2D eigenvalue weighted by atomic mass is 10.1. The normalized spacial score (nSPS) is 12.8. The van der Waals surface area contributed by atoms with Crippen LogP contribution in [-0.4, -0.2) is 31.3 Å². The molecular weight excluding hydrogens is 236 g/mol. The standard InChI is InChI=1S/C16H28N2O/c1-12(2)9-17-10-15-6-7-16(8-13(15)3)18(5)11-14(4)19/h6-8,12,14,17,19H,9-11H2,1-5H3. The van der Waals surface area contributed by atoms with Gasteiger partial charge in [0.25, 0.3) is 0 Å². The average molecular weight is 264 g/mol. The average Bonchev–Trinajstić information content (AvgIpc) is 2.29. The monoisotopic (exact) mass is 264 g/mol. The summed E-state index contributed by atoms with van der Waals surface area (Å²) in [5.74, 6) is 0.678. The van der Waals surface area contributed by atoms with Gasteiger partial charge in [-0.1, -0.05) is 19.9 Å². The summed E-state index contributed by atoms with van der Waals surface area (Å²) in [6.07, 6.45) is -0.308. The van der Waals surface area contributed by atoms with Gasteiger partial charge in [0.1, 0.15) is 0 Å². The van der Waals surface area contributed by atoms with Crippen LogP contribution in [0.5, 0.6) is 0 Å². The number of nitrogens with zero attached hydrogens (tertiary/aromatic N) is 1. The number of rotatable bonds is 7. The number of aliphatic hydroxyl groups is 1. The molecular formula is C16H28N2O. The summed E-state index contributed by atoms with van der Waals surface area (Å²) in [6.45, 7) is 11.0. The molecule has 19 heavy (non-hydrogen) atoms. The van der Waals surface area contributed by atoms with Crippen molar-refractivity contribution in [2.75, 3.05) is 25.0 Å². The summed E-state index contributed by atoms with van der Waals surface area (Å²) in [5.41, 5.74) is 3.80. The van der Waals surface area contributed by atoms with Gasteiger partial charge in [0.15, 0.2) is 0 Å². The van der Waals surface area contributed by atoms with Crippen LogP contribution in [0.3, 0.4) is 0 Å². The predicted octanol–water partition coefficient (Wildman–Crippen LogP) is 2.56. The van der Waals surface area contributed by atoms with Crippen molar-refractivity contribution in [3.8, 4) is 0 Å². The van der Waals surface area contributed by atoms with Gasteiger partial charge < -0.3 is 15.3 Å². The van der Waals surface area contributed by atoms with Gasteiger partial charge in [0, 0.05) is 25.8 Å². The molecule has 0 fully saturated rings. The van der Waals surface area contributed by atoms with Crippen molar-refractivity contribution in [3.05, 3.63) is 29.3 Å². The highest BCUT2D eigenvalue weighted by Crippen LogP contribution is 2.18. The smallest absolute Gasteiger partial charge is 0.0686 e. The van der Waals surface area contributed by atoms with E-state index >= 15 is 0 Å². The first-order chi connectivity index (χ1) is 8.90. The van der Waals surface area contributed by atoms with E-state index in [9.17, 15) is 5.11 Å². The number of anilines is 1. The lowest BCUT2D eigenvalue weighted by Crippen LogP contribution is -2.27. The zero-order valence-electron chi connectivity index (χ0n) is 12.9. The van der Waals surface area contributed by atoms with E-state index in [1.54, 1.807) is 0 Å². The Morgan fingerprint density at radius 1 is 1.26 bits per heavy atom. The van der Waals surface area contributed by atoms with Crippen LogP contribution < -0.4 is 10.2 Å². The van der Waals surface area contributed by atoms with E-state index in [-0.39, 0.29) is 6.10 Å². The Hall–Kier alpha value is -1.06. The summed E-state index contributed by atoms with van der Waals surface area (Å²) < 4.78 is 0. The summed E-state index contributed by atoms with van der Waals surface area (Å²) in [7, 11) is 2.01. The second-order valence-electron chi connectivity index (χ2n) is 5.87. The highest BCUT2D eigenvalue weighted by atomic mass is 16.3. The molecule has 0 spiro atoms. The summed E-state index contributed by atoms with van der Waals surface area (Å²) in [6, 6.07) is 6.49. The van der Waals surface area contributed by atoms with Gasteiger partial charge in [-0.2, -0.15) is 0 Å². The number of hydrogen-bond acceptors (Lipinski definition) is 3. The van der Waals surface area contributed by atoms with Crippen molar-refractivity contribution < 1.29 is 5.11 Å². The van der Waals surface area contributed by atoms with E-state index in [2.05, 4.69) is 49.2 Å². The first-order valence-corrected chi connectivity index (χ1v) is 7.09. The highest BCUT2D eigenvalue weighted by Gasteiger charge is 2.06. The minimum absolute atomic E-state index is 0.308. The second kappa shape index (κ2) is 7.51. The number of hydrogen-bond donors (Lipinski definition) is 2. The fourth-order valence-electron chi connectivity index (χ4n) is 2.11. The van der Waals surface area contributed by atoms with Gasteiger partial charge >= 0.3 is 0 Å². The third-order valence-corrected chi connectivity index (χ3v) is 3.17. The van der Waals surface area contributed by atoms with E-state index in [1.165, 1.54) is 11.1 Å². The number of likely N-dealkylation sites (N-methyl/N-ethyl adjacent to an activating group) is 1. The molecule has 0 aliphatic rings. The maximum Gasteiger partial charge on any atom is 0.0686 e. The molecule has 3 heteroatoms. The molecule has 1 atom stereocenters. The van der Waals surface area contributed by atoms with Crippen LogP contribution in [0.15, 0.2) is 18.2 Å². The lowest BCUT2D eigenvalue weighted by Gasteiger charge is -2.22. The van der Waals surface area contributed by atoms with Gasteiger partial charge in [-0.25, -0.2) is 0 Å². The number of benzene rings is 1. The Labute approximate surface area is 117 Å². The van der Waals surface area contributed by atoms with Crippen molar-refractivity contribution in [2.45, 2.75) is 40.3 Å². The molecule has 0 amide bonds. The van der Waals surface area contributed by atoms with Crippen LogP contribution in [-0.2, 0) is 6.54 Å². The molecule has 0 radical (unpaired) electrons. The van der Waals surface area contributed by atoms with Gasteiger partial charge in [-0.3, -0.25) is 0 Å². The molecule has 0 aliphatic carbocycles. The Kier molecular flexibility index (Phi) is 6.32. The molecule has 1 unspecified atom stereocenters. The van der Waals surface area contributed by atoms with E-state index in [4.69, 9.17) is 0 Å². The molecule has 1 rings (SSSR count). The third kappa shape index (κ3) is 5.62. The zero-order valence-corrected chi connectivity index (χ0v) is 12.9. The highest BCUT2D eigenvalue weighted by molar-refractivity contribution is 5.50. The molecule has 0 saturated heterocycles. The number of nitrogens with one attached hydrogen (secondary N) is 1. The number of aryl methyl sites for hydroxylation is 1. The molecule has 1 aromatic rings. The van der Waals surface area contributed by atoms with Crippen molar-refractivity contribution in [1.82, 2.24) is 5.32 Å². The van der Waals surface area contributed by atoms with Crippen LogP contribution in [0.2, 0.25) is 0 Å². The molecule has 3 nitrogen and oxygen atoms in total. The number of aliphatic hydroxyl groups excluding tert-OH is 1. The molecule has 0 heterocycles. The Morgan fingerprint density at radius 2 is 1.95 bits per heavy atom. The molecule has 0 bridgehead atoms. The van der Waals surface area contributed by atoms with Crippen LogP contribution in [0.25, 0.3) is 0 Å². The SMILES string of the molecule is Cc1cc(N(C)CC(C)O)ccc1CNCC(C)C. The quantitative estimate of drug-likeness (QED) is 0.794. The van der Waals surface area contributed by atoms with Crippen LogP contribution >= 0.6 is 0 Å².